The van der Waals surface area contributed by atoms with Crippen molar-refractivity contribution >= 4 is 23.2 Å². The number of rotatable bonds is 6. The van der Waals surface area contributed by atoms with E-state index in [1.54, 1.807) is 12.1 Å². The number of anilines is 1. The molecule has 0 aliphatic carbocycles. The molecular formula is C20H19ClN2O4. The van der Waals surface area contributed by atoms with Gasteiger partial charge in [-0.15, -0.1) is 0 Å². The number of carbonyl (C=O) groups is 1. The predicted octanol–water partition coefficient (Wildman–Crippen LogP) is 4.50. The molecule has 6 nitrogen and oxygen atoms in total. The Morgan fingerprint density at radius 2 is 1.85 bits per heavy atom. The van der Waals surface area contributed by atoms with Crippen molar-refractivity contribution in [2.24, 2.45) is 0 Å². The largest absolute Gasteiger partial charge is 0.495 e. The maximum atomic E-state index is 12.5. The summed E-state index contributed by atoms with van der Waals surface area (Å²) < 4.78 is 16.2. The van der Waals surface area contributed by atoms with Crippen molar-refractivity contribution in [3.05, 3.63) is 58.9 Å². The molecule has 140 valence electrons. The third-order valence-corrected chi connectivity index (χ3v) is 4.28. The van der Waals surface area contributed by atoms with E-state index in [-0.39, 0.29) is 12.3 Å². The summed E-state index contributed by atoms with van der Waals surface area (Å²) in [5, 5.41) is 3.19. The number of methoxy groups -OCH3 is 2. The Morgan fingerprint density at radius 1 is 1.15 bits per heavy atom. The highest BCUT2D eigenvalue weighted by molar-refractivity contribution is 6.32. The second-order valence-corrected chi connectivity index (χ2v) is 6.21. The maximum Gasteiger partial charge on any atom is 0.232 e. The van der Waals surface area contributed by atoms with Crippen LogP contribution in [0.4, 0.5) is 5.69 Å². The van der Waals surface area contributed by atoms with Gasteiger partial charge in [-0.25, -0.2) is 4.98 Å². The zero-order valence-corrected chi connectivity index (χ0v) is 16.0. The van der Waals surface area contributed by atoms with E-state index in [9.17, 15) is 4.79 Å². The van der Waals surface area contributed by atoms with Crippen molar-refractivity contribution in [1.82, 2.24) is 4.98 Å². The van der Waals surface area contributed by atoms with Crippen molar-refractivity contribution in [3.8, 4) is 23.0 Å². The quantitative estimate of drug-likeness (QED) is 0.675. The third-order valence-electron chi connectivity index (χ3n) is 3.98. The van der Waals surface area contributed by atoms with Gasteiger partial charge in [0.25, 0.3) is 0 Å². The molecule has 0 radical (unpaired) electrons. The van der Waals surface area contributed by atoms with Crippen LogP contribution in [0.1, 0.15) is 11.5 Å². The number of hydrogen-bond acceptors (Lipinski definition) is 5. The van der Waals surface area contributed by atoms with Gasteiger partial charge < -0.3 is 19.2 Å². The fourth-order valence-electron chi connectivity index (χ4n) is 2.59. The van der Waals surface area contributed by atoms with Crippen molar-refractivity contribution in [2.45, 2.75) is 13.3 Å². The molecule has 0 aliphatic rings. The van der Waals surface area contributed by atoms with Gasteiger partial charge in [-0.1, -0.05) is 29.8 Å². The van der Waals surface area contributed by atoms with Crippen molar-refractivity contribution in [2.75, 3.05) is 19.5 Å². The van der Waals surface area contributed by atoms with Gasteiger partial charge in [-0.3, -0.25) is 4.79 Å². The first kappa shape index (κ1) is 18.8. The summed E-state index contributed by atoms with van der Waals surface area (Å²) in [6, 6.07) is 12.7. The minimum absolute atomic E-state index is 0.0414. The van der Waals surface area contributed by atoms with Crippen LogP contribution in [-0.4, -0.2) is 25.1 Å². The summed E-state index contributed by atoms with van der Waals surface area (Å²) in [4.78, 5) is 16.9. The van der Waals surface area contributed by atoms with Crippen LogP contribution in [0.25, 0.3) is 11.5 Å². The highest BCUT2D eigenvalue weighted by atomic mass is 35.5. The third kappa shape index (κ3) is 4.23. The summed E-state index contributed by atoms with van der Waals surface area (Å²) in [6.45, 7) is 1.81. The molecule has 7 heteroatoms. The van der Waals surface area contributed by atoms with E-state index in [1.165, 1.54) is 14.2 Å². The Morgan fingerprint density at radius 3 is 2.52 bits per heavy atom. The molecule has 1 N–H and O–H groups in total. The first-order valence-electron chi connectivity index (χ1n) is 8.25. The van der Waals surface area contributed by atoms with Crippen LogP contribution in [-0.2, 0) is 11.2 Å². The van der Waals surface area contributed by atoms with E-state index < -0.39 is 0 Å². The second-order valence-electron chi connectivity index (χ2n) is 5.81. The first-order chi connectivity index (χ1) is 13.0. The number of ether oxygens (including phenoxy) is 2. The van der Waals surface area contributed by atoms with Crippen molar-refractivity contribution in [1.29, 1.82) is 0 Å². The fraction of sp³-hybridized carbons (Fsp3) is 0.200. The van der Waals surface area contributed by atoms with Crippen LogP contribution in [0.5, 0.6) is 11.5 Å². The molecule has 1 aromatic heterocycles. The normalized spacial score (nSPS) is 10.5. The Hall–Kier alpha value is -2.99. The van der Waals surface area contributed by atoms with E-state index in [1.807, 2.05) is 37.3 Å². The van der Waals surface area contributed by atoms with Crippen LogP contribution in [0, 0.1) is 6.92 Å². The smallest absolute Gasteiger partial charge is 0.232 e. The van der Waals surface area contributed by atoms with Gasteiger partial charge in [0, 0.05) is 17.7 Å². The number of benzene rings is 2. The topological polar surface area (TPSA) is 73.6 Å². The lowest BCUT2D eigenvalue weighted by Gasteiger charge is -2.12. The average Bonchev–Trinajstić information content (AvgIpc) is 3.03. The number of nitrogens with zero attached hydrogens (tertiary/aromatic N) is 1. The molecule has 0 aliphatic heterocycles. The first-order valence-corrected chi connectivity index (χ1v) is 8.62. The zero-order valence-electron chi connectivity index (χ0n) is 15.2. The van der Waals surface area contributed by atoms with Crippen molar-refractivity contribution < 1.29 is 18.7 Å². The highest BCUT2D eigenvalue weighted by Gasteiger charge is 2.17. The molecule has 0 saturated heterocycles. The molecule has 0 spiro atoms. The van der Waals surface area contributed by atoms with Gasteiger partial charge in [-0.05, 0) is 19.1 Å². The number of hydrogen-bond donors (Lipinski definition) is 1. The summed E-state index contributed by atoms with van der Waals surface area (Å²) in [5.74, 6) is 1.60. The van der Waals surface area contributed by atoms with Gasteiger partial charge in [-0.2, -0.15) is 0 Å². The molecule has 1 heterocycles. The van der Waals surface area contributed by atoms with Crippen LogP contribution in [0.2, 0.25) is 5.02 Å². The SMILES string of the molecule is COc1cc(NC(=O)Cc2oc(-c3ccccc3)nc2C)c(OC)cc1Cl. The number of halogens is 1. The molecule has 0 atom stereocenters. The van der Waals surface area contributed by atoms with Crippen molar-refractivity contribution in [3.63, 3.8) is 0 Å². The van der Waals surface area contributed by atoms with Crippen LogP contribution in [0.3, 0.4) is 0 Å². The molecule has 0 unspecified atom stereocenters. The zero-order chi connectivity index (χ0) is 19.4. The number of aryl methyl sites for hydroxylation is 1. The fourth-order valence-corrected chi connectivity index (χ4v) is 2.83. The maximum absolute atomic E-state index is 12.5. The molecule has 0 fully saturated rings. The number of amides is 1. The molecular weight excluding hydrogens is 368 g/mol. The highest BCUT2D eigenvalue weighted by Crippen LogP contribution is 2.36. The molecule has 2 aromatic carbocycles. The van der Waals surface area contributed by atoms with E-state index >= 15 is 0 Å². The summed E-state index contributed by atoms with van der Waals surface area (Å²) in [6.07, 6.45) is 0.0414. The van der Waals surface area contributed by atoms with Crippen LogP contribution < -0.4 is 14.8 Å². The lowest BCUT2D eigenvalue weighted by atomic mass is 10.2. The van der Waals surface area contributed by atoms with Gasteiger partial charge in [0.15, 0.2) is 0 Å². The van der Waals surface area contributed by atoms with E-state index in [0.717, 1.165) is 5.56 Å². The molecule has 1 amide bonds. The minimum Gasteiger partial charge on any atom is -0.495 e. The van der Waals surface area contributed by atoms with Gasteiger partial charge in [0.05, 0.1) is 37.0 Å². The van der Waals surface area contributed by atoms with Gasteiger partial charge in [0.2, 0.25) is 11.8 Å². The summed E-state index contributed by atoms with van der Waals surface area (Å²) in [7, 11) is 3.00. The van der Waals surface area contributed by atoms with Crippen LogP contribution >= 0.6 is 11.6 Å². The lowest BCUT2D eigenvalue weighted by Crippen LogP contribution is -2.15. The average molecular weight is 387 g/mol. The van der Waals surface area contributed by atoms with E-state index in [0.29, 0.717) is 39.6 Å². The molecule has 0 bridgehead atoms. The number of carbonyl (C=O) groups excluding carboxylic acids is 1. The Balaban J connectivity index is 1.78. The standard InChI is InChI=1S/C20H19ClN2O4/c1-12-16(27-20(22-12)13-7-5-4-6-8-13)11-19(24)23-15-10-17(25-2)14(21)9-18(15)26-3/h4-10H,11H2,1-3H3,(H,23,24). The van der Waals surface area contributed by atoms with E-state index in [4.69, 9.17) is 25.5 Å². The minimum atomic E-state index is -0.267. The van der Waals surface area contributed by atoms with Gasteiger partial charge in [0.1, 0.15) is 17.3 Å². The monoisotopic (exact) mass is 386 g/mol. The lowest BCUT2D eigenvalue weighted by molar-refractivity contribution is -0.115. The van der Waals surface area contributed by atoms with Gasteiger partial charge >= 0.3 is 0 Å². The Kier molecular flexibility index (Phi) is 5.66. The predicted molar refractivity (Wildman–Crippen MR) is 104 cm³/mol. The molecule has 3 rings (SSSR count). The Bertz CT molecular complexity index is 954. The number of aromatic nitrogens is 1. The number of oxazole rings is 1. The molecule has 0 saturated carbocycles. The Labute approximate surface area is 162 Å². The molecule has 3 aromatic rings. The molecule has 27 heavy (non-hydrogen) atoms. The summed E-state index contributed by atoms with van der Waals surface area (Å²) in [5.41, 5.74) is 1.99. The second kappa shape index (κ2) is 8.14. The van der Waals surface area contributed by atoms with E-state index in [2.05, 4.69) is 10.3 Å². The van der Waals surface area contributed by atoms with Crippen LogP contribution in [0.15, 0.2) is 46.9 Å². The number of nitrogens with one attached hydrogen (secondary N) is 1. The summed E-state index contributed by atoms with van der Waals surface area (Å²) >= 11 is 6.09.